The van der Waals surface area contributed by atoms with Crippen molar-refractivity contribution >= 4 is 17.6 Å². The number of esters is 1. The van der Waals surface area contributed by atoms with E-state index in [4.69, 9.17) is 16.3 Å². The lowest BCUT2D eigenvalue weighted by atomic mass is 9.89. The average Bonchev–Trinajstić information content (AvgIpc) is 3.13. The standard InChI is InChI=1S/C14H20ClN3O2/c1-2-20-14(19)13-12(7-15)18(17-16-13)8-11-6-9-3-4-10(11)5-9/h9-11H,2-8H2,1H3. The molecule has 3 unspecified atom stereocenters. The Balaban J connectivity index is 1.75. The van der Waals surface area contributed by atoms with E-state index >= 15 is 0 Å². The van der Waals surface area contributed by atoms with E-state index in [9.17, 15) is 4.79 Å². The molecule has 2 aliphatic rings. The summed E-state index contributed by atoms with van der Waals surface area (Å²) in [6.45, 7) is 2.94. The van der Waals surface area contributed by atoms with E-state index in [1.807, 2.05) is 4.68 Å². The minimum Gasteiger partial charge on any atom is -0.461 e. The van der Waals surface area contributed by atoms with Crippen molar-refractivity contribution in [2.24, 2.45) is 17.8 Å². The maximum absolute atomic E-state index is 11.8. The number of nitrogens with zero attached hydrogens (tertiary/aromatic N) is 3. The van der Waals surface area contributed by atoms with E-state index in [1.54, 1.807) is 6.92 Å². The van der Waals surface area contributed by atoms with Crippen LogP contribution in [0.2, 0.25) is 0 Å². The third kappa shape index (κ3) is 2.43. The van der Waals surface area contributed by atoms with Crippen LogP contribution in [-0.4, -0.2) is 27.6 Å². The summed E-state index contributed by atoms with van der Waals surface area (Å²) in [6.07, 6.45) is 5.36. The van der Waals surface area contributed by atoms with Crippen LogP contribution in [0.5, 0.6) is 0 Å². The van der Waals surface area contributed by atoms with Crippen LogP contribution >= 0.6 is 11.6 Å². The van der Waals surface area contributed by atoms with Gasteiger partial charge >= 0.3 is 5.97 Å². The van der Waals surface area contributed by atoms with E-state index < -0.39 is 5.97 Å². The van der Waals surface area contributed by atoms with Gasteiger partial charge in [-0.25, -0.2) is 9.48 Å². The number of carbonyl (C=O) groups excluding carboxylic acids is 1. The molecule has 1 aromatic heterocycles. The lowest BCUT2D eigenvalue weighted by Gasteiger charge is -2.21. The number of rotatable bonds is 5. The molecule has 0 aliphatic heterocycles. The largest absolute Gasteiger partial charge is 0.461 e. The Kier molecular flexibility index (Phi) is 3.96. The second kappa shape index (κ2) is 5.72. The van der Waals surface area contributed by atoms with Crippen molar-refractivity contribution in [2.75, 3.05) is 6.61 Å². The van der Waals surface area contributed by atoms with Crippen LogP contribution in [0, 0.1) is 17.8 Å². The molecule has 2 bridgehead atoms. The Morgan fingerprint density at radius 1 is 1.45 bits per heavy atom. The lowest BCUT2D eigenvalue weighted by Crippen LogP contribution is -2.19. The van der Waals surface area contributed by atoms with Crippen molar-refractivity contribution < 1.29 is 9.53 Å². The second-order valence-electron chi connectivity index (χ2n) is 5.86. The summed E-state index contributed by atoms with van der Waals surface area (Å²) in [5.74, 6) is 2.19. The molecule has 1 heterocycles. The number of aromatic nitrogens is 3. The monoisotopic (exact) mass is 297 g/mol. The van der Waals surface area contributed by atoms with Gasteiger partial charge in [0.15, 0.2) is 5.69 Å². The molecule has 110 valence electrons. The van der Waals surface area contributed by atoms with Gasteiger partial charge in [0.05, 0.1) is 18.2 Å². The van der Waals surface area contributed by atoms with Gasteiger partial charge in [0.25, 0.3) is 0 Å². The number of alkyl halides is 1. The van der Waals surface area contributed by atoms with E-state index in [1.165, 1.54) is 25.7 Å². The molecule has 0 spiro atoms. The van der Waals surface area contributed by atoms with Crippen molar-refractivity contribution in [3.63, 3.8) is 0 Å². The van der Waals surface area contributed by atoms with E-state index in [-0.39, 0.29) is 11.6 Å². The molecule has 2 fully saturated rings. The van der Waals surface area contributed by atoms with Crippen LogP contribution in [0.4, 0.5) is 0 Å². The Labute approximate surface area is 123 Å². The van der Waals surface area contributed by atoms with Crippen molar-refractivity contribution in [3.05, 3.63) is 11.4 Å². The fraction of sp³-hybridized carbons (Fsp3) is 0.786. The first-order valence-corrected chi connectivity index (χ1v) is 7.91. The fourth-order valence-electron chi connectivity index (χ4n) is 3.79. The van der Waals surface area contributed by atoms with Crippen molar-refractivity contribution in [1.29, 1.82) is 0 Å². The number of hydrogen-bond donors (Lipinski definition) is 0. The van der Waals surface area contributed by atoms with Crippen LogP contribution in [0.1, 0.15) is 48.8 Å². The first-order chi connectivity index (χ1) is 9.72. The summed E-state index contributed by atoms with van der Waals surface area (Å²) < 4.78 is 6.80. The normalized spacial score (nSPS) is 28.0. The summed E-state index contributed by atoms with van der Waals surface area (Å²) in [7, 11) is 0. The van der Waals surface area contributed by atoms with Gasteiger partial charge in [-0.2, -0.15) is 0 Å². The molecule has 1 aromatic rings. The number of fused-ring (bicyclic) bond motifs is 2. The first-order valence-electron chi connectivity index (χ1n) is 7.38. The topological polar surface area (TPSA) is 57.0 Å². The molecule has 20 heavy (non-hydrogen) atoms. The minimum absolute atomic E-state index is 0.238. The highest BCUT2D eigenvalue weighted by Crippen LogP contribution is 2.48. The molecule has 0 saturated heterocycles. The van der Waals surface area contributed by atoms with Gasteiger partial charge in [-0.1, -0.05) is 11.6 Å². The van der Waals surface area contributed by atoms with E-state index in [0.717, 1.165) is 18.4 Å². The Hall–Kier alpha value is -1.10. The average molecular weight is 298 g/mol. The minimum atomic E-state index is -0.428. The number of hydrogen-bond acceptors (Lipinski definition) is 4. The Morgan fingerprint density at radius 2 is 2.30 bits per heavy atom. The van der Waals surface area contributed by atoms with Gasteiger partial charge in [-0.15, -0.1) is 16.7 Å². The highest BCUT2D eigenvalue weighted by molar-refractivity contribution is 6.17. The predicted octanol–water partition coefficient (Wildman–Crippen LogP) is 2.63. The van der Waals surface area contributed by atoms with Crippen molar-refractivity contribution in [2.45, 2.75) is 45.0 Å². The molecular weight excluding hydrogens is 278 g/mol. The smallest absolute Gasteiger partial charge is 0.360 e. The van der Waals surface area contributed by atoms with Gasteiger partial charge in [-0.05, 0) is 43.9 Å². The zero-order chi connectivity index (χ0) is 14.1. The summed E-state index contributed by atoms with van der Waals surface area (Å²) >= 11 is 5.98. The second-order valence-corrected chi connectivity index (χ2v) is 6.12. The summed E-state index contributed by atoms with van der Waals surface area (Å²) in [5, 5.41) is 8.08. The maximum atomic E-state index is 11.8. The number of carbonyl (C=O) groups is 1. The Morgan fingerprint density at radius 3 is 2.90 bits per heavy atom. The molecule has 0 radical (unpaired) electrons. The molecule has 5 nitrogen and oxygen atoms in total. The third-order valence-electron chi connectivity index (χ3n) is 4.72. The maximum Gasteiger partial charge on any atom is 0.360 e. The molecule has 2 saturated carbocycles. The van der Waals surface area contributed by atoms with Gasteiger partial charge < -0.3 is 4.74 Å². The number of halogens is 1. The lowest BCUT2D eigenvalue weighted by molar-refractivity contribution is 0.0518. The third-order valence-corrected chi connectivity index (χ3v) is 4.98. The molecule has 6 heteroatoms. The predicted molar refractivity (Wildman–Crippen MR) is 74.5 cm³/mol. The number of ether oxygens (including phenoxy) is 1. The summed E-state index contributed by atoms with van der Waals surface area (Å²) in [4.78, 5) is 11.8. The van der Waals surface area contributed by atoms with Crippen LogP contribution in [0.15, 0.2) is 0 Å². The Bertz CT molecular complexity index is 503. The van der Waals surface area contributed by atoms with Crippen molar-refractivity contribution in [3.8, 4) is 0 Å². The quantitative estimate of drug-likeness (QED) is 0.619. The molecule has 3 rings (SSSR count). The van der Waals surface area contributed by atoms with Gasteiger partial charge in [0, 0.05) is 6.54 Å². The molecule has 0 amide bonds. The van der Waals surface area contributed by atoms with Crippen molar-refractivity contribution in [1.82, 2.24) is 15.0 Å². The molecular formula is C14H20ClN3O2. The van der Waals surface area contributed by atoms with Gasteiger partial charge in [0.2, 0.25) is 0 Å². The summed E-state index contributed by atoms with van der Waals surface area (Å²) in [5.41, 5.74) is 0.956. The van der Waals surface area contributed by atoms with E-state index in [0.29, 0.717) is 18.2 Å². The zero-order valence-electron chi connectivity index (χ0n) is 11.7. The van der Waals surface area contributed by atoms with E-state index in [2.05, 4.69) is 10.3 Å². The SMILES string of the molecule is CCOC(=O)c1nnn(CC2CC3CCC2C3)c1CCl. The highest BCUT2D eigenvalue weighted by Gasteiger charge is 2.40. The van der Waals surface area contributed by atoms with Crippen LogP contribution in [0.3, 0.4) is 0 Å². The van der Waals surface area contributed by atoms with Crippen LogP contribution in [0.25, 0.3) is 0 Å². The van der Waals surface area contributed by atoms with Crippen LogP contribution in [-0.2, 0) is 17.2 Å². The van der Waals surface area contributed by atoms with Gasteiger partial charge in [-0.3, -0.25) is 0 Å². The first kappa shape index (κ1) is 13.9. The fourth-order valence-corrected chi connectivity index (χ4v) is 4.06. The molecule has 0 aromatic carbocycles. The van der Waals surface area contributed by atoms with Crippen LogP contribution < -0.4 is 0 Å². The molecule has 3 atom stereocenters. The molecule has 2 aliphatic carbocycles. The molecule has 0 N–H and O–H groups in total. The van der Waals surface area contributed by atoms with Gasteiger partial charge in [0.1, 0.15) is 0 Å². The highest BCUT2D eigenvalue weighted by atomic mass is 35.5. The summed E-state index contributed by atoms with van der Waals surface area (Å²) in [6, 6.07) is 0. The zero-order valence-corrected chi connectivity index (χ0v) is 12.5.